The quantitative estimate of drug-likeness (QED) is 0.351. The van der Waals surface area contributed by atoms with Crippen molar-refractivity contribution >= 4 is 53.8 Å². The second kappa shape index (κ2) is 6.36. The lowest BCUT2D eigenvalue weighted by molar-refractivity contribution is 0.414. The maximum absolute atomic E-state index is 13.8. The number of aromatic nitrogens is 1. The van der Waals surface area contributed by atoms with Crippen molar-refractivity contribution in [3.05, 3.63) is 84.9 Å². The van der Waals surface area contributed by atoms with Crippen LogP contribution in [0, 0.1) is 0 Å². The molecule has 0 aliphatic heterocycles. The van der Waals surface area contributed by atoms with Crippen LogP contribution in [0.15, 0.2) is 94.2 Å². The van der Waals surface area contributed by atoms with E-state index in [-0.39, 0.29) is 4.90 Å². The molecule has 0 bridgehead atoms. The Morgan fingerprint density at radius 3 is 2.19 bits per heavy atom. The number of nitrogens with zero attached hydrogens (tertiary/aromatic N) is 1. The van der Waals surface area contributed by atoms with Crippen molar-refractivity contribution in [2.45, 2.75) is 4.90 Å². The lowest BCUT2D eigenvalue weighted by Gasteiger charge is -2.10. The highest BCUT2D eigenvalue weighted by Crippen LogP contribution is 2.38. The van der Waals surface area contributed by atoms with E-state index >= 15 is 0 Å². The number of benzene rings is 4. The van der Waals surface area contributed by atoms with Crippen molar-refractivity contribution in [1.29, 1.82) is 0 Å². The van der Waals surface area contributed by atoms with E-state index < -0.39 is 10.0 Å². The average Bonchev–Trinajstić information content (AvgIpc) is 3.33. The first-order valence-electron chi connectivity index (χ1n) is 9.82. The lowest BCUT2D eigenvalue weighted by atomic mass is 10.1. The highest BCUT2D eigenvalue weighted by Gasteiger charge is 2.24. The lowest BCUT2D eigenvalue weighted by Crippen LogP contribution is -2.12. The monoisotopic (exact) mass is 427 g/mol. The van der Waals surface area contributed by atoms with E-state index in [4.69, 9.17) is 9.15 Å². The first kappa shape index (κ1) is 18.0. The Bertz CT molecular complexity index is 1720. The molecule has 0 atom stereocenters. The summed E-state index contributed by atoms with van der Waals surface area (Å²) in [5.41, 5.74) is 2.76. The van der Waals surface area contributed by atoms with Crippen LogP contribution in [-0.4, -0.2) is 19.5 Å². The summed E-state index contributed by atoms with van der Waals surface area (Å²) in [6.45, 7) is 0. The van der Waals surface area contributed by atoms with Gasteiger partial charge in [0.1, 0.15) is 16.9 Å². The second-order valence-electron chi connectivity index (χ2n) is 7.43. The van der Waals surface area contributed by atoms with Gasteiger partial charge in [0.05, 0.1) is 23.0 Å². The smallest absolute Gasteiger partial charge is 0.268 e. The van der Waals surface area contributed by atoms with Gasteiger partial charge in [-0.25, -0.2) is 12.4 Å². The number of hydrogen-bond acceptors (Lipinski definition) is 4. The molecule has 0 aliphatic rings. The number of para-hydroxylation sites is 2. The molecule has 0 amide bonds. The molecule has 0 saturated carbocycles. The van der Waals surface area contributed by atoms with E-state index in [1.807, 2.05) is 60.7 Å². The zero-order valence-corrected chi connectivity index (χ0v) is 17.4. The molecule has 152 valence electrons. The SMILES string of the molecule is COc1ccc(S(=O)(=O)n2c3ccccc3c3cc4oc5ccccc5c4cc32)cc1. The summed E-state index contributed by atoms with van der Waals surface area (Å²) in [6.07, 6.45) is 0. The van der Waals surface area contributed by atoms with E-state index in [0.717, 1.165) is 32.7 Å². The van der Waals surface area contributed by atoms with Gasteiger partial charge in [-0.05, 0) is 48.5 Å². The third-order valence-corrected chi connectivity index (χ3v) is 7.47. The molecule has 0 fully saturated rings. The number of fused-ring (bicyclic) bond motifs is 6. The fraction of sp³-hybridized carbons (Fsp3) is 0.0400. The van der Waals surface area contributed by atoms with Crippen molar-refractivity contribution in [2.75, 3.05) is 7.11 Å². The van der Waals surface area contributed by atoms with Crippen LogP contribution in [0.4, 0.5) is 0 Å². The number of methoxy groups -OCH3 is 1. The number of ether oxygens (including phenoxy) is 1. The molecule has 0 unspecified atom stereocenters. The standard InChI is InChI=1S/C25H17NO4S/c1-29-16-10-12-17(13-11-16)31(27,28)26-22-8-4-2-6-18(22)20-15-25-21(14-23(20)26)19-7-3-5-9-24(19)30-25/h2-15H,1H3. The molecule has 0 radical (unpaired) electrons. The second-order valence-corrected chi connectivity index (χ2v) is 9.21. The maximum Gasteiger partial charge on any atom is 0.268 e. The van der Waals surface area contributed by atoms with Crippen LogP contribution in [0.25, 0.3) is 43.7 Å². The van der Waals surface area contributed by atoms with Gasteiger partial charge >= 0.3 is 0 Å². The number of rotatable bonds is 3. The van der Waals surface area contributed by atoms with Gasteiger partial charge < -0.3 is 9.15 Å². The summed E-state index contributed by atoms with van der Waals surface area (Å²) >= 11 is 0. The van der Waals surface area contributed by atoms with Gasteiger partial charge in [-0.3, -0.25) is 0 Å². The summed E-state index contributed by atoms with van der Waals surface area (Å²) in [5, 5.41) is 3.53. The average molecular weight is 427 g/mol. The first-order valence-corrected chi connectivity index (χ1v) is 11.3. The fourth-order valence-electron chi connectivity index (χ4n) is 4.26. The van der Waals surface area contributed by atoms with Gasteiger partial charge in [0.25, 0.3) is 10.0 Å². The Balaban J connectivity index is 1.74. The largest absolute Gasteiger partial charge is 0.497 e. The van der Waals surface area contributed by atoms with Crippen LogP contribution >= 0.6 is 0 Å². The van der Waals surface area contributed by atoms with Crippen molar-refractivity contribution in [3.63, 3.8) is 0 Å². The van der Waals surface area contributed by atoms with E-state index in [2.05, 4.69) is 0 Å². The molecular formula is C25H17NO4S. The molecule has 6 aromatic rings. The number of furan rings is 1. The van der Waals surface area contributed by atoms with Crippen molar-refractivity contribution in [1.82, 2.24) is 3.97 Å². The van der Waals surface area contributed by atoms with Gasteiger partial charge in [-0.15, -0.1) is 0 Å². The van der Waals surface area contributed by atoms with Crippen LogP contribution in [0.1, 0.15) is 0 Å². The van der Waals surface area contributed by atoms with Crippen LogP contribution in [0.2, 0.25) is 0 Å². The fourth-order valence-corrected chi connectivity index (χ4v) is 5.78. The maximum atomic E-state index is 13.8. The minimum atomic E-state index is -3.85. The molecule has 6 rings (SSSR count). The first-order chi connectivity index (χ1) is 15.1. The van der Waals surface area contributed by atoms with Crippen LogP contribution in [0.3, 0.4) is 0 Å². The molecule has 5 nitrogen and oxygen atoms in total. The molecule has 0 aliphatic carbocycles. The molecule has 0 spiro atoms. The third kappa shape index (κ3) is 2.52. The van der Waals surface area contributed by atoms with Crippen LogP contribution in [-0.2, 0) is 10.0 Å². The summed E-state index contributed by atoms with van der Waals surface area (Å²) in [5.74, 6) is 0.604. The summed E-state index contributed by atoms with van der Waals surface area (Å²) in [6, 6.07) is 25.6. The molecule has 0 saturated heterocycles. The van der Waals surface area contributed by atoms with Crippen molar-refractivity contribution in [3.8, 4) is 5.75 Å². The van der Waals surface area contributed by atoms with Crippen molar-refractivity contribution in [2.24, 2.45) is 0 Å². The highest BCUT2D eigenvalue weighted by molar-refractivity contribution is 7.90. The molecule has 31 heavy (non-hydrogen) atoms. The zero-order valence-electron chi connectivity index (χ0n) is 16.6. The van der Waals surface area contributed by atoms with E-state index in [1.165, 1.54) is 3.97 Å². The highest BCUT2D eigenvalue weighted by atomic mass is 32.2. The van der Waals surface area contributed by atoms with Gasteiger partial charge in [0.2, 0.25) is 0 Å². The topological polar surface area (TPSA) is 61.4 Å². The third-order valence-electron chi connectivity index (χ3n) is 5.72. The molecule has 0 N–H and O–H groups in total. The van der Waals surface area contributed by atoms with Gasteiger partial charge in [-0.2, -0.15) is 0 Å². The van der Waals surface area contributed by atoms with E-state index in [0.29, 0.717) is 16.8 Å². The van der Waals surface area contributed by atoms with Crippen molar-refractivity contribution < 1.29 is 17.6 Å². The molecule has 2 heterocycles. The van der Waals surface area contributed by atoms with Crippen LogP contribution in [0.5, 0.6) is 5.75 Å². The summed E-state index contributed by atoms with van der Waals surface area (Å²) < 4.78 is 40.2. The van der Waals surface area contributed by atoms with E-state index in [1.54, 1.807) is 31.4 Å². The summed E-state index contributed by atoms with van der Waals surface area (Å²) in [4.78, 5) is 0.202. The number of hydrogen-bond donors (Lipinski definition) is 0. The Labute approximate surface area is 178 Å². The molecular weight excluding hydrogens is 410 g/mol. The zero-order chi connectivity index (χ0) is 21.2. The normalized spacial score (nSPS) is 12.3. The Morgan fingerprint density at radius 1 is 0.710 bits per heavy atom. The molecule has 2 aromatic heterocycles. The Morgan fingerprint density at radius 2 is 1.42 bits per heavy atom. The Hall–Kier alpha value is -3.77. The molecule has 4 aromatic carbocycles. The predicted molar refractivity (Wildman–Crippen MR) is 122 cm³/mol. The molecule has 6 heteroatoms. The van der Waals surface area contributed by atoms with E-state index in [9.17, 15) is 8.42 Å². The predicted octanol–water partition coefficient (Wildman–Crippen LogP) is 5.94. The van der Waals surface area contributed by atoms with Gasteiger partial charge in [-0.1, -0.05) is 36.4 Å². The summed E-state index contributed by atoms with van der Waals surface area (Å²) in [7, 11) is -2.30. The van der Waals surface area contributed by atoms with Gasteiger partial charge in [0.15, 0.2) is 0 Å². The Kier molecular flexibility index (Phi) is 3.70. The van der Waals surface area contributed by atoms with Gasteiger partial charge in [0, 0.05) is 21.5 Å². The minimum Gasteiger partial charge on any atom is -0.497 e. The minimum absolute atomic E-state index is 0.202. The van der Waals surface area contributed by atoms with Crippen LogP contribution < -0.4 is 4.74 Å².